The minimum Gasteiger partial charge on any atom is -0.370 e. The zero-order valence-corrected chi connectivity index (χ0v) is 13.2. The van der Waals surface area contributed by atoms with Crippen molar-refractivity contribution >= 4 is 17.6 Å². The highest BCUT2D eigenvalue weighted by atomic mass is 16.2. The van der Waals surface area contributed by atoms with E-state index < -0.39 is 5.91 Å². The number of rotatable bonds is 6. The third kappa shape index (κ3) is 5.47. The Morgan fingerprint density at radius 2 is 1.83 bits per heavy atom. The molecule has 0 saturated carbocycles. The summed E-state index contributed by atoms with van der Waals surface area (Å²) in [5.74, 6) is -0.425. The van der Waals surface area contributed by atoms with Crippen molar-refractivity contribution in [2.24, 2.45) is 5.73 Å². The number of hydrogen-bond donors (Lipinski definition) is 2. The highest BCUT2D eigenvalue weighted by Gasteiger charge is 2.15. The number of amides is 3. The number of nitrogens with one attached hydrogen (secondary N) is 1. The standard InChI is InChI=1S/C18H21N3O2/c1-14-6-5-9-16(12-14)20-18(23)21(11-10-17(19)22)13-15-7-3-2-4-8-15/h2-9,12H,10-11,13H2,1H3,(H2,19,22)(H,20,23). The van der Waals surface area contributed by atoms with Crippen LogP contribution in [-0.4, -0.2) is 23.4 Å². The fourth-order valence-electron chi connectivity index (χ4n) is 2.23. The molecular weight excluding hydrogens is 290 g/mol. The van der Waals surface area contributed by atoms with E-state index in [9.17, 15) is 9.59 Å². The maximum Gasteiger partial charge on any atom is 0.322 e. The predicted molar refractivity (Wildman–Crippen MR) is 90.9 cm³/mol. The van der Waals surface area contributed by atoms with Crippen molar-refractivity contribution in [1.29, 1.82) is 0 Å². The minimum atomic E-state index is -0.425. The van der Waals surface area contributed by atoms with Gasteiger partial charge < -0.3 is 16.0 Å². The summed E-state index contributed by atoms with van der Waals surface area (Å²) in [5.41, 5.74) is 8.00. The van der Waals surface area contributed by atoms with Gasteiger partial charge >= 0.3 is 6.03 Å². The number of nitrogens with two attached hydrogens (primary N) is 1. The largest absolute Gasteiger partial charge is 0.370 e. The zero-order valence-electron chi connectivity index (χ0n) is 13.2. The van der Waals surface area contributed by atoms with Crippen molar-refractivity contribution in [3.63, 3.8) is 0 Å². The van der Waals surface area contributed by atoms with Crippen LogP contribution in [0.4, 0.5) is 10.5 Å². The van der Waals surface area contributed by atoms with Crippen LogP contribution in [0, 0.1) is 6.92 Å². The Bertz CT molecular complexity index is 671. The summed E-state index contributed by atoms with van der Waals surface area (Å²) in [6, 6.07) is 17.0. The molecule has 0 aliphatic carbocycles. The van der Waals surface area contributed by atoms with Crippen molar-refractivity contribution in [3.8, 4) is 0 Å². The van der Waals surface area contributed by atoms with Gasteiger partial charge in [0.2, 0.25) is 5.91 Å². The van der Waals surface area contributed by atoms with E-state index in [4.69, 9.17) is 5.73 Å². The average Bonchev–Trinajstić information content (AvgIpc) is 2.52. The second kappa shape index (κ2) is 7.98. The molecule has 0 unspecified atom stereocenters. The smallest absolute Gasteiger partial charge is 0.322 e. The van der Waals surface area contributed by atoms with E-state index in [1.165, 1.54) is 0 Å². The summed E-state index contributed by atoms with van der Waals surface area (Å²) in [4.78, 5) is 25.1. The van der Waals surface area contributed by atoms with Crippen LogP contribution >= 0.6 is 0 Å². The highest BCUT2D eigenvalue weighted by Crippen LogP contribution is 2.12. The Kier molecular flexibility index (Phi) is 5.74. The van der Waals surface area contributed by atoms with Gasteiger partial charge in [-0.3, -0.25) is 4.79 Å². The fraction of sp³-hybridized carbons (Fsp3) is 0.222. The van der Waals surface area contributed by atoms with E-state index in [0.717, 1.165) is 16.8 Å². The van der Waals surface area contributed by atoms with E-state index >= 15 is 0 Å². The SMILES string of the molecule is Cc1cccc(NC(=O)N(CCC(N)=O)Cc2ccccc2)c1. The van der Waals surface area contributed by atoms with Gasteiger partial charge in [-0.25, -0.2) is 4.79 Å². The first kappa shape index (κ1) is 16.5. The topological polar surface area (TPSA) is 75.4 Å². The molecule has 0 fully saturated rings. The lowest BCUT2D eigenvalue weighted by Crippen LogP contribution is -2.36. The Balaban J connectivity index is 2.08. The van der Waals surface area contributed by atoms with Crippen molar-refractivity contribution in [3.05, 3.63) is 65.7 Å². The normalized spacial score (nSPS) is 10.1. The van der Waals surface area contributed by atoms with Crippen molar-refractivity contribution in [2.45, 2.75) is 19.9 Å². The van der Waals surface area contributed by atoms with Gasteiger partial charge in [-0.2, -0.15) is 0 Å². The molecule has 5 heteroatoms. The van der Waals surface area contributed by atoms with Crippen LogP contribution < -0.4 is 11.1 Å². The van der Waals surface area contributed by atoms with Gasteiger partial charge in [0.15, 0.2) is 0 Å². The lowest BCUT2D eigenvalue weighted by molar-refractivity contribution is -0.118. The molecule has 0 aromatic heterocycles. The molecule has 2 aromatic carbocycles. The summed E-state index contributed by atoms with van der Waals surface area (Å²) < 4.78 is 0. The number of carbonyl (C=O) groups excluding carboxylic acids is 2. The number of aryl methyl sites for hydroxylation is 1. The van der Waals surface area contributed by atoms with Crippen LogP contribution in [-0.2, 0) is 11.3 Å². The van der Waals surface area contributed by atoms with E-state index in [-0.39, 0.29) is 19.0 Å². The van der Waals surface area contributed by atoms with Gasteiger partial charge in [-0.15, -0.1) is 0 Å². The Morgan fingerprint density at radius 3 is 2.48 bits per heavy atom. The monoisotopic (exact) mass is 311 g/mol. The van der Waals surface area contributed by atoms with Crippen LogP contribution in [0.5, 0.6) is 0 Å². The Hall–Kier alpha value is -2.82. The van der Waals surface area contributed by atoms with E-state index in [2.05, 4.69) is 5.32 Å². The number of anilines is 1. The van der Waals surface area contributed by atoms with E-state index in [1.807, 2.05) is 61.5 Å². The summed E-state index contributed by atoms with van der Waals surface area (Å²) in [6.45, 7) is 2.66. The number of carbonyl (C=O) groups is 2. The molecule has 3 amide bonds. The molecule has 0 aliphatic heterocycles. The van der Waals surface area contributed by atoms with Crippen LogP contribution in [0.15, 0.2) is 54.6 Å². The molecule has 0 aliphatic rings. The number of hydrogen-bond acceptors (Lipinski definition) is 2. The number of nitrogens with zero attached hydrogens (tertiary/aromatic N) is 1. The molecule has 2 aromatic rings. The van der Waals surface area contributed by atoms with Crippen molar-refractivity contribution in [2.75, 3.05) is 11.9 Å². The molecule has 0 spiro atoms. The van der Waals surface area contributed by atoms with Crippen molar-refractivity contribution < 1.29 is 9.59 Å². The van der Waals surface area contributed by atoms with E-state index in [0.29, 0.717) is 6.54 Å². The van der Waals surface area contributed by atoms with Gasteiger partial charge in [0.05, 0.1) is 0 Å². The molecule has 120 valence electrons. The molecule has 0 bridgehead atoms. The summed E-state index contributed by atoms with van der Waals surface area (Å²) >= 11 is 0. The van der Waals surface area contributed by atoms with Gasteiger partial charge in [0.1, 0.15) is 0 Å². The van der Waals surface area contributed by atoms with E-state index in [1.54, 1.807) is 4.90 Å². The molecule has 0 radical (unpaired) electrons. The Labute approximate surface area is 136 Å². The number of benzene rings is 2. The molecule has 0 heterocycles. The molecule has 2 rings (SSSR count). The quantitative estimate of drug-likeness (QED) is 0.860. The third-order valence-corrected chi connectivity index (χ3v) is 3.40. The lowest BCUT2D eigenvalue weighted by atomic mass is 10.2. The molecule has 0 atom stereocenters. The number of primary amides is 1. The van der Waals surface area contributed by atoms with Crippen LogP contribution in [0.2, 0.25) is 0 Å². The Morgan fingerprint density at radius 1 is 1.09 bits per heavy atom. The fourth-order valence-corrected chi connectivity index (χ4v) is 2.23. The third-order valence-electron chi connectivity index (χ3n) is 3.40. The van der Waals surface area contributed by atoms with Crippen LogP contribution in [0.3, 0.4) is 0 Å². The van der Waals surface area contributed by atoms with Gasteiger partial charge in [-0.05, 0) is 30.2 Å². The molecule has 23 heavy (non-hydrogen) atoms. The zero-order chi connectivity index (χ0) is 16.7. The first-order chi connectivity index (χ1) is 11.0. The molecule has 3 N–H and O–H groups in total. The van der Waals surface area contributed by atoms with Gasteiger partial charge in [0.25, 0.3) is 0 Å². The maximum absolute atomic E-state index is 12.5. The summed E-state index contributed by atoms with van der Waals surface area (Å²) in [6.07, 6.45) is 0.133. The highest BCUT2D eigenvalue weighted by molar-refractivity contribution is 5.89. The van der Waals surface area contributed by atoms with Gasteiger partial charge in [-0.1, -0.05) is 42.5 Å². The minimum absolute atomic E-state index is 0.133. The number of urea groups is 1. The van der Waals surface area contributed by atoms with Crippen LogP contribution in [0.1, 0.15) is 17.5 Å². The predicted octanol–water partition coefficient (Wildman–Crippen LogP) is 2.90. The summed E-state index contributed by atoms with van der Waals surface area (Å²) in [5, 5.41) is 2.86. The molecular formula is C18H21N3O2. The lowest BCUT2D eigenvalue weighted by Gasteiger charge is -2.23. The van der Waals surface area contributed by atoms with Gasteiger partial charge in [0, 0.05) is 25.2 Å². The first-order valence-electron chi connectivity index (χ1n) is 7.49. The maximum atomic E-state index is 12.5. The second-order valence-electron chi connectivity index (χ2n) is 5.42. The molecule has 0 saturated heterocycles. The first-order valence-corrected chi connectivity index (χ1v) is 7.49. The van der Waals surface area contributed by atoms with Crippen LogP contribution in [0.25, 0.3) is 0 Å². The average molecular weight is 311 g/mol. The van der Waals surface area contributed by atoms with Crippen molar-refractivity contribution in [1.82, 2.24) is 4.90 Å². The second-order valence-corrected chi connectivity index (χ2v) is 5.42. The summed E-state index contributed by atoms with van der Waals surface area (Å²) in [7, 11) is 0. The molecule has 5 nitrogen and oxygen atoms in total.